The summed E-state index contributed by atoms with van der Waals surface area (Å²) < 4.78 is 5.75. The molecule has 0 aliphatic heterocycles. The highest BCUT2D eigenvalue weighted by molar-refractivity contribution is 5.58. The van der Waals surface area contributed by atoms with Gasteiger partial charge in [0.15, 0.2) is 0 Å². The van der Waals surface area contributed by atoms with Crippen LogP contribution in [0, 0.1) is 11.3 Å². The van der Waals surface area contributed by atoms with Crippen LogP contribution in [0.25, 0.3) is 0 Å². The van der Waals surface area contributed by atoms with Crippen molar-refractivity contribution in [1.29, 1.82) is 5.26 Å². The second-order valence-electron chi connectivity index (χ2n) is 4.46. The number of rotatable bonds is 4. The molecule has 0 spiro atoms. The van der Waals surface area contributed by atoms with E-state index in [0.717, 1.165) is 11.4 Å². The summed E-state index contributed by atoms with van der Waals surface area (Å²) in [6, 6.07) is 18.4. The van der Waals surface area contributed by atoms with Crippen LogP contribution in [-0.4, -0.2) is 9.97 Å². The molecule has 3 rings (SSSR count). The van der Waals surface area contributed by atoms with Crippen molar-refractivity contribution in [3.63, 3.8) is 0 Å². The number of nitrogens with one attached hydrogen (secondary N) is 1. The summed E-state index contributed by atoms with van der Waals surface area (Å²) >= 11 is 0. The molecular formula is C17H12N4O. The fourth-order valence-electron chi connectivity index (χ4n) is 1.89. The van der Waals surface area contributed by atoms with E-state index in [1.54, 1.807) is 42.7 Å². The van der Waals surface area contributed by atoms with Gasteiger partial charge in [-0.25, -0.2) is 4.98 Å². The Morgan fingerprint density at radius 2 is 1.77 bits per heavy atom. The Bertz CT molecular complexity index is 812. The smallest absolute Gasteiger partial charge is 0.142 e. The number of anilines is 2. The molecule has 1 aromatic carbocycles. The number of benzene rings is 1. The highest BCUT2D eigenvalue weighted by Gasteiger charge is 2.01. The molecule has 106 valence electrons. The lowest BCUT2D eigenvalue weighted by atomic mass is 10.3. The van der Waals surface area contributed by atoms with Crippen molar-refractivity contribution in [2.24, 2.45) is 0 Å². The predicted molar refractivity (Wildman–Crippen MR) is 83.0 cm³/mol. The summed E-state index contributed by atoms with van der Waals surface area (Å²) in [7, 11) is 0. The van der Waals surface area contributed by atoms with Crippen LogP contribution >= 0.6 is 0 Å². The van der Waals surface area contributed by atoms with Gasteiger partial charge in [0.2, 0.25) is 0 Å². The lowest BCUT2D eigenvalue weighted by Crippen LogP contribution is -1.95. The minimum Gasteiger partial charge on any atom is -0.457 e. The fourth-order valence-corrected chi connectivity index (χ4v) is 1.89. The first-order valence-electron chi connectivity index (χ1n) is 6.65. The Hall–Kier alpha value is -3.39. The Kier molecular flexibility index (Phi) is 3.94. The molecule has 1 N–H and O–H groups in total. The van der Waals surface area contributed by atoms with Crippen molar-refractivity contribution >= 4 is 11.5 Å². The van der Waals surface area contributed by atoms with Gasteiger partial charge in [0.25, 0.3) is 0 Å². The molecule has 0 fully saturated rings. The first-order valence-corrected chi connectivity index (χ1v) is 6.65. The minimum absolute atomic E-state index is 0.370. The van der Waals surface area contributed by atoms with E-state index >= 15 is 0 Å². The van der Waals surface area contributed by atoms with Crippen molar-refractivity contribution in [2.75, 3.05) is 5.32 Å². The molecule has 0 bridgehead atoms. The molecule has 2 aromatic heterocycles. The first-order chi connectivity index (χ1) is 10.8. The van der Waals surface area contributed by atoms with Gasteiger partial charge in [-0.3, -0.25) is 4.98 Å². The summed E-state index contributed by atoms with van der Waals surface area (Å²) in [5, 5.41) is 12.0. The number of hydrogen-bond donors (Lipinski definition) is 1. The van der Waals surface area contributed by atoms with E-state index in [-0.39, 0.29) is 0 Å². The van der Waals surface area contributed by atoms with Gasteiger partial charge in [-0.15, -0.1) is 0 Å². The molecule has 22 heavy (non-hydrogen) atoms. The molecule has 5 nitrogen and oxygen atoms in total. The van der Waals surface area contributed by atoms with Gasteiger partial charge in [0, 0.05) is 24.1 Å². The van der Waals surface area contributed by atoms with E-state index < -0.39 is 0 Å². The maximum absolute atomic E-state index is 8.87. The molecule has 3 aromatic rings. The number of ether oxygens (including phenoxy) is 1. The molecule has 0 radical (unpaired) electrons. The topological polar surface area (TPSA) is 70.8 Å². The van der Waals surface area contributed by atoms with Crippen LogP contribution in [0.3, 0.4) is 0 Å². The molecule has 0 aliphatic rings. The molecule has 0 aliphatic carbocycles. The zero-order chi connectivity index (χ0) is 15.2. The molecule has 0 atom stereocenters. The molecule has 2 heterocycles. The van der Waals surface area contributed by atoms with Crippen LogP contribution in [0.1, 0.15) is 5.69 Å². The summed E-state index contributed by atoms with van der Waals surface area (Å²) in [5.74, 6) is 2.03. The largest absolute Gasteiger partial charge is 0.457 e. The molecule has 5 heteroatoms. The number of nitrogens with zero attached hydrogens (tertiary/aromatic N) is 3. The van der Waals surface area contributed by atoms with E-state index in [4.69, 9.17) is 10.00 Å². The summed E-state index contributed by atoms with van der Waals surface area (Å²) in [4.78, 5) is 8.13. The Labute approximate surface area is 127 Å². The number of aromatic nitrogens is 2. The van der Waals surface area contributed by atoms with Gasteiger partial charge < -0.3 is 10.1 Å². The van der Waals surface area contributed by atoms with E-state index in [1.165, 1.54) is 0 Å². The van der Waals surface area contributed by atoms with E-state index in [9.17, 15) is 0 Å². The van der Waals surface area contributed by atoms with Crippen LogP contribution in [-0.2, 0) is 0 Å². The summed E-state index contributed by atoms with van der Waals surface area (Å²) in [6.07, 6.45) is 3.35. The first kappa shape index (κ1) is 13.6. The fraction of sp³-hybridized carbons (Fsp3) is 0. The normalized spacial score (nSPS) is 9.77. The molecule has 0 unspecified atom stereocenters. The molecule has 0 saturated heterocycles. The van der Waals surface area contributed by atoms with E-state index in [0.29, 0.717) is 17.3 Å². The zero-order valence-electron chi connectivity index (χ0n) is 11.6. The average Bonchev–Trinajstić information content (AvgIpc) is 2.56. The standard InChI is InChI=1S/C17H12N4O/c18-12-14-4-2-6-17(21-14)20-13-3-1-5-16(11-13)22-15-7-9-19-10-8-15/h1-11H,(H,20,21). The Morgan fingerprint density at radius 3 is 2.59 bits per heavy atom. The third kappa shape index (κ3) is 3.38. The van der Waals surface area contributed by atoms with Crippen molar-refractivity contribution < 1.29 is 4.74 Å². The Balaban J connectivity index is 1.78. The molecule has 0 amide bonds. The molecule has 0 saturated carbocycles. The lowest BCUT2D eigenvalue weighted by molar-refractivity contribution is 0.482. The number of nitriles is 1. The zero-order valence-corrected chi connectivity index (χ0v) is 11.6. The van der Waals surface area contributed by atoms with Gasteiger partial charge in [0.1, 0.15) is 29.1 Å². The predicted octanol–water partition coefficient (Wildman–Crippen LogP) is 3.88. The van der Waals surface area contributed by atoms with Crippen LogP contribution in [0.4, 0.5) is 11.5 Å². The number of hydrogen-bond acceptors (Lipinski definition) is 5. The van der Waals surface area contributed by atoms with Crippen molar-refractivity contribution in [3.05, 3.63) is 72.7 Å². The number of pyridine rings is 2. The second kappa shape index (κ2) is 6.37. The quantitative estimate of drug-likeness (QED) is 0.788. The van der Waals surface area contributed by atoms with Crippen molar-refractivity contribution in [2.45, 2.75) is 0 Å². The van der Waals surface area contributed by atoms with Crippen LogP contribution in [0.2, 0.25) is 0 Å². The third-order valence-corrected chi connectivity index (χ3v) is 2.86. The summed E-state index contributed by atoms with van der Waals surface area (Å²) in [6.45, 7) is 0. The lowest BCUT2D eigenvalue weighted by Gasteiger charge is -2.09. The highest BCUT2D eigenvalue weighted by atomic mass is 16.5. The maximum Gasteiger partial charge on any atom is 0.142 e. The van der Waals surface area contributed by atoms with E-state index in [1.807, 2.05) is 30.3 Å². The van der Waals surface area contributed by atoms with Crippen LogP contribution < -0.4 is 10.1 Å². The Morgan fingerprint density at radius 1 is 0.955 bits per heavy atom. The second-order valence-corrected chi connectivity index (χ2v) is 4.46. The van der Waals surface area contributed by atoms with E-state index in [2.05, 4.69) is 15.3 Å². The SMILES string of the molecule is N#Cc1cccc(Nc2cccc(Oc3ccncc3)c2)n1. The maximum atomic E-state index is 8.87. The highest BCUT2D eigenvalue weighted by Crippen LogP contribution is 2.25. The van der Waals surface area contributed by atoms with Crippen molar-refractivity contribution in [1.82, 2.24) is 9.97 Å². The van der Waals surface area contributed by atoms with Gasteiger partial charge in [0.05, 0.1) is 0 Å². The van der Waals surface area contributed by atoms with Gasteiger partial charge in [-0.2, -0.15) is 5.26 Å². The van der Waals surface area contributed by atoms with Gasteiger partial charge in [-0.1, -0.05) is 12.1 Å². The van der Waals surface area contributed by atoms with Gasteiger partial charge in [-0.05, 0) is 36.4 Å². The van der Waals surface area contributed by atoms with Crippen LogP contribution in [0.15, 0.2) is 67.0 Å². The van der Waals surface area contributed by atoms with Gasteiger partial charge >= 0.3 is 0 Å². The van der Waals surface area contributed by atoms with Crippen LogP contribution in [0.5, 0.6) is 11.5 Å². The van der Waals surface area contributed by atoms with Crippen molar-refractivity contribution in [3.8, 4) is 17.6 Å². The summed E-state index contributed by atoms with van der Waals surface area (Å²) in [5.41, 5.74) is 1.20. The third-order valence-electron chi connectivity index (χ3n) is 2.86. The average molecular weight is 288 g/mol. The minimum atomic E-state index is 0.370. The molecular weight excluding hydrogens is 276 g/mol. The monoisotopic (exact) mass is 288 g/mol.